The van der Waals surface area contributed by atoms with Gasteiger partial charge in [-0.05, 0) is 60.5 Å². The van der Waals surface area contributed by atoms with E-state index in [-0.39, 0.29) is 23.6 Å². The van der Waals surface area contributed by atoms with Gasteiger partial charge in [0.15, 0.2) is 0 Å². The van der Waals surface area contributed by atoms with Gasteiger partial charge >= 0.3 is 5.97 Å². The molecule has 0 aliphatic rings. The summed E-state index contributed by atoms with van der Waals surface area (Å²) in [5.41, 5.74) is 2.33. The number of aromatic hydroxyl groups is 1. The average molecular weight is 460 g/mol. The highest BCUT2D eigenvalue weighted by Crippen LogP contribution is 2.46. The fourth-order valence-electron chi connectivity index (χ4n) is 4.39. The predicted octanol–water partition coefficient (Wildman–Crippen LogP) is 6.48. The van der Waals surface area contributed by atoms with Gasteiger partial charge in [0.05, 0.1) is 17.1 Å². The first-order valence-corrected chi connectivity index (χ1v) is 10.6. The minimum Gasteiger partial charge on any atom is -0.506 e. The second kappa shape index (κ2) is 8.31. The Morgan fingerprint density at radius 3 is 2.35 bits per heavy atom. The normalized spacial score (nSPS) is 11.5. The van der Waals surface area contributed by atoms with Crippen molar-refractivity contribution in [1.82, 2.24) is 4.57 Å². The number of phenols is 1. The standard InChI is InChI=1S/C27H22F2N2O3/c1-15-12-17(6-9-21(15)29)23-20-13-18(28)14-22(32)24(20)31(25(23)27(2,3)10-11-30)19-7-4-16(5-8-19)26(33)34/h4-9,12-14,32H,10H2,1-3H3,(H,33,34). The van der Waals surface area contributed by atoms with Crippen molar-refractivity contribution in [3.05, 3.63) is 83.1 Å². The van der Waals surface area contributed by atoms with E-state index in [2.05, 4.69) is 6.07 Å². The smallest absolute Gasteiger partial charge is 0.335 e. The van der Waals surface area contributed by atoms with Crippen molar-refractivity contribution in [3.8, 4) is 28.6 Å². The molecule has 4 rings (SSSR count). The summed E-state index contributed by atoms with van der Waals surface area (Å²) < 4.78 is 30.3. The van der Waals surface area contributed by atoms with E-state index in [0.29, 0.717) is 39.0 Å². The number of halogens is 2. The zero-order valence-corrected chi connectivity index (χ0v) is 18.9. The summed E-state index contributed by atoms with van der Waals surface area (Å²) in [7, 11) is 0. The highest BCUT2D eigenvalue weighted by molar-refractivity contribution is 6.02. The number of rotatable bonds is 5. The summed E-state index contributed by atoms with van der Waals surface area (Å²) >= 11 is 0. The van der Waals surface area contributed by atoms with E-state index in [1.165, 1.54) is 24.3 Å². The molecule has 0 atom stereocenters. The summed E-state index contributed by atoms with van der Waals surface area (Å²) in [5.74, 6) is -2.42. The molecule has 0 unspecified atom stereocenters. The molecule has 0 aliphatic carbocycles. The molecule has 0 saturated carbocycles. The third-order valence-corrected chi connectivity index (χ3v) is 5.99. The number of carbonyl (C=O) groups is 1. The molecule has 0 aliphatic heterocycles. The molecule has 34 heavy (non-hydrogen) atoms. The molecule has 172 valence electrons. The van der Waals surface area contributed by atoms with Gasteiger partial charge < -0.3 is 14.8 Å². The van der Waals surface area contributed by atoms with Gasteiger partial charge in [0, 0.05) is 40.2 Å². The third kappa shape index (κ3) is 3.77. The van der Waals surface area contributed by atoms with E-state index in [1.807, 2.05) is 13.8 Å². The van der Waals surface area contributed by atoms with Crippen LogP contribution in [0.4, 0.5) is 8.78 Å². The lowest BCUT2D eigenvalue weighted by Crippen LogP contribution is -2.22. The molecule has 0 fully saturated rings. The summed E-state index contributed by atoms with van der Waals surface area (Å²) in [4.78, 5) is 11.4. The molecule has 0 amide bonds. The number of hydrogen-bond donors (Lipinski definition) is 2. The number of hydrogen-bond acceptors (Lipinski definition) is 3. The maximum absolute atomic E-state index is 14.5. The van der Waals surface area contributed by atoms with Crippen LogP contribution in [0.1, 0.15) is 41.9 Å². The Balaban J connectivity index is 2.21. The first kappa shape index (κ1) is 23.0. The van der Waals surface area contributed by atoms with E-state index < -0.39 is 17.2 Å². The van der Waals surface area contributed by atoms with Gasteiger partial charge in [-0.2, -0.15) is 5.26 Å². The Labute approximate surface area is 195 Å². The molecule has 1 heterocycles. The Kier molecular flexibility index (Phi) is 5.62. The maximum atomic E-state index is 14.5. The fraction of sp³-hybridized carbons (Fsp3) is 0.185. The monoisotopic (exact) mass is 460 g/mol. The fourth-order valence-corrected chi connectivity index (χ4v) is 4.39. The summed E-state index contributed by atoms with van der Waals surface area (Å²) in [6, 6.07) is 15.1. The number of nitriles is 1. The first-order valence-electron chi connectivity index (χ1n) is 10.6. The number of fused-ring (bicyclic) bond motifs is 1. The minimum absolute atomic E-state index is 0.0858. The number of nitrogens with zero attached hydrogens (tertiary/aromatic N) is 2. The van der Waals surface area contributed by atoms with Gasteiger partial charge in [-0.3, -0.25) is 0 Å². The van der Waals surface area contributed by atoms with E-state index in [0.717, 1.165) is 6.07 Å². The van der Waals surface area contributed by atoms with Crippen molar-refractivity contribution in [2.45, 2.75) is 32.6 Å². The first-order chi connectivity index (χ1) is 16.0. The van der Waals surface area contributed by atoms with E-state index >= 15 is 0 Å². The van der Waals surface area contributed by atoms with Crippen LogP contribution in [0.25, 0.3) is 27.7 Å². The highest BCUT2D eigenvalue weighted by atomic mass is 19.1. The topological polar surface area (TPSA) is 86.2 Å². The molecule has 2 N–H and O–H groups in total. The number of carboxylic acid groups (broad SMARTS) is 1. The number of benzene rings is 3. The lowest BCUT2D eigenvalue weighted by Gasteiger charge is -2.27. The minimum atomic E-state index is -1.08. The summed E-state index contributed by atoms with van der Waals surface area (Å²) in [6.07, 6.45) is 0.104. The Hall–Kier alpha value is -4.18. The summed E-state index contributed by atoms with van der Waals surface area (Å²) in [6.45, 7) is 5.35. The lowest BCUT2D eigenvalue weighted by molar-refractivity contribution is 0.0697. The van der Waals surface area contributed by atoms with Crippen LogP contribution >= 0.6 is 0 Å². The molecular weight excluding hydrogens is 438 g/mol. The Morgan fingerprint density at radius 1 is 1.09 bits per heavy atom. The zero-order valence-electron chi connectivity index (χ0n) is 18.9. The SMILES string of the molecule is Cc1cc(-c2c(C(C)(C)CC#N)n(-c3ccc(C(=O)O)cc3)c3c(O)cc(F)cc23)ccc1F. The number of carboxylic acids is 1. The van der Waals surface area contributed by atoms with E-state index in [4.69, 9.17) is 0 Å². The van der Waals surface area contributed by atoms with E-state index in [9.17, 15) is 29.1 Å². The van der Waals surface area contributed by atoms with Crippen LogP contribution in [0.5, 0.6) is 5.75 Å². The molecule has 3 aromatic carbocycles. The van der Waals surface area contributed by atoms with Crippen molar-refractivity contribution < 1.29 is 23.8 Å². The summed E-state index contributed by atoms with van der Waals surface area (Å²) in [5, 5.41) is 30.1. The third-order valence-electron chi connectivity index (χ3n) is 5.99. The van der Waals surface area contributed by atoms with E-state index in [1.54, 1.807) is 35.8 Å². The van der Waals surface area contributed by atoms with Gasteiger partial charge in [-0.1, -0.05) is 19.9 Å². The second-order valence-corrected chi connectivity index (χ2v) is 8.91. The molecule has 4 aromatic rings. The van der Waals surface area contributed by atoms with Crippen molar-refractivity contribution in [1.29, 1.82) is 5.26 Å². The highest BCUT2D eigenvalue weighted by Gasteiger charge is 2.33. The van der Waals surface area contributed by atoms with Gasteiger partial charge in [0.2, 0.25) is 0 Å². The van der Waals surface area contributed by atoms with Gasteiger partial charge in [0.25, 0.3) is 0 Å². The van der Waals surface area contributed by atoms with Gasteiger partial charge in [0.1, 0.15) is 17.4 Å². The molecule has 0 saturated heterocycles. The van der Waals surface area contributed by atoms with Crippen LogP contribution in [-0.2, 0) is 5.41 Å². The van der Waals surface area contributed by atoms with Crippen LogP contribution in [0, 0.1) is 29.9 Å². The maximum Gasteiger partial charge on any atom is 0.335 e. The van der Waals surface area contributed by atoms with Crippen molar-refractivity contribution in [2.24, 2.45) is 0 Å². The van der Waals surface area contributed by atoms with Crippen LogP contribution in [0.2, 0.25) is 0 Å². The second-order valence-electron chi connectivity index (χ2n) is 8.91. The average Bonchev–Trinajstić information content (AvgIpc) is 3.12. The Bertz CT molecular complexity index is 1480. The van der Waals surface area contributed by atoms with Crippen LogP contribution in [-0.4, -0.2) is 20.7 Å². The van der Waals surface area contributed by atoms with Crippen molar-refractivity contribution in [3.63, 3.8) is 0 Å². The largest absolute Gasteiger partial charge is 0.506 e. The molecule has 1 aromatic heterocycles. The van der Waals surface area contributed by atoms with Crippen LogP contribution in [0.3, 0.4) is 0 Å². The number of phenolic OH excluding ortho intramolecular Hbond substituents is 1. The lowest BCUT2D eigenvalue weighted by atomic mass is 9.81. The van der Waals surface area contributed by atoms with Crippen LogP contribution < -0.4 is 0 Å². The van der Waals surface area contributed by atoms with Crippen molar-refractivity contribution in [2.75, 3.05) is 0 Å². The van der Waals surface area contributed by atoms with Gasteiger partial charge in [-0.15, -0.1) is 0 Å². The number of aromatic carboxylic acids is 1. The molecular formula is C27H22F2N2O3. The molecule has 5 nitrogen and oxygen atoms in total. The van der Waals surface area contributed by atoms with Crippen molar-refractivity contribution >= 4 is 16.9 Å². The molecule has 0 radical (unpaired) electrons. The zero-order chi connectivity index (χ0) is 24.8. The number of aryl methyl sites for hydroxylation is 1. The molecule has 0 bridgehead atoms. The van der Waals surface area contributed by atoms with Gasteiger partial charge in [-0.25, -0.2) is 13.6 Å². The Morgan fingerprint density at radius 2 is 1.76 bits per heavy atom. The molecule has 0 spiro atoms. The molecule has 7 heteroatoms. The quantitative estimate of drug-likeness (QED) is 0.357. The van der Waals surface area contributed by atoms with Crippen LogP contribution in [0.15, 0.2) is 54.6 Å². The number of aromatic nitrogens is 1. The predicted molar refractivity (Wildman–Crippen MR) is 125 cm³/mol.